The fourth-order valence-electron chi connectivity index (χ4n) is 7.36. The molecule has 1 aromatic heterocycles. The topological polar surface area (TPSA) is 88.3 Å². The third-order valence-electron chi connectivity index (χ3n) is 9.74. The highest BCUT2D eigenvalue weighted by molar-refractivity contribution is 7.99. The Balaban J connectivity index is 1.15. The van der Waals surface area contributed by atoms with E-state index in [-0.39, 0.29) is 23.3 Å². The zero-order chi connectivity index (χ0) is 31.7. The molecule has 0 spiro atoms. The van der Waals surface area contributed by atoms with Crippen LogP contribution in [0, 0.1) is 0 Å². The minimum absolute atomic E-state index is 0.0201. The highest BCUT2D eigenvalue weighted by atomic mass is 32.2. The summed E-state index contributed by atoms with van der Waals surface area (Å²) in [6.45, 7) is 7.01. The lowest BCUT2D eigenvalue weighted by Crippen LogP contribution is -2.47. The van der Waals surface area contributed by atoms with Gasteiger partial charge in [0.15, 0.2) is 0 Å². The maximum Gasteiger partial charge on any atom is 0.417 e. The van der Waals surface area contributed by atoms with Crippen LogP contribution < -0.4 is 0 Å². The molecule has 2 aromatic rings. The first-order valence-corrected chi connectivity index (χ1v) is 17.3. The first-order chi connectivity index (χ1) is 21.5. The van der Waals surface area contributed by atoms with Crippen LogP contribution in [-0.2, 0) is 30.5 Å². The summed E-state index contributed by atoms with van der Waals surface area (Å²) in [5, 5.41) is 25.9. The van der Waals surface area contributed by atoms with E-state index in [9.17, 15) is 28.2 Å². The van der Waals surface area contributed by atoms with Crippen LogP contribution in [0.3, 0.4) is 0 Å². The number of carbonyl (C=O) groups excluding carboxylic acids is 1. The number of carbonyl (C=O) groups is 1. The minimum Gasteiger partial charge on any atom is -0.391 e. The molecule has 13 heteroatoms. The number of aliphatic hydroxyl groups is 2. The molecule has 6 rings (SSSR count). The molecule has 0 bridgehead atoms. The summed E-state index contributed by atoms with van der Waals surface area (Å²) in [6.07, 6.45) is -0.798. The number of aliphatic hydroxyl groups excluding tert-OH is 2. The molecule has 0 unspecified atom stereocenters. The second kappa shape index (κ2) is 13.9. The second-order valence-electron chi connectivity index (χ2n) is 13.1. The Morgan fingerprint density at radius 2 is 1.82 bits per heavy atom. The molecule has 3 fully saturated rings. The van der Waals surface area contributed by atoms with Gasteiger partial charge in [0, 0.05) is 85.7 Å². The smallest absolute Gasteiger partial charge is 0.391 e. The van der Waals surface area contributed by atoms with Crippen LogP contribution >= 0.6 is 11.8 Å². The normalized spacial score (nSPS) is 23.3. The molecule has 1 aromatic carbocycles. The Hall–Kier alpha value is -2.16. The molecule has 3 saturated heterocycles. The van der Waals surface area contributed by atoms with Crippen molar-refractivity contribution in [2.45, 2.75) is 80.9 Å². The van der Waals surface area contributed by atoms with Gasteiger partial charge in [-0.3, -0.25) is 9.48 Å². The average Bonchev–Trinajstić information content (AvgIpc) is 3.72. The number of halogens is 3. The predicted octanol–water partition coefficient (Wildman–Crippen LogP) is 3.16. The number of rotatable bonds is 10. The van der Waals surface area contributed by atoms with Crippen LogP contribution in [0.1, 0.15) is 48.9 Å². The summed E-state index contributed by atoms with van der Waals surface area (Å²) < 4.78 is 43.9. The van der Waals surface area contributed by atoms with Gasteiger partial charge in [-0.1, -0.05) is 6.07 Å². The zero-order valence-electron chi connectivity index (χ0n) is 26.0. The van der Waals surface area contributed by atoms with E-state index in [2.05, 4.69) is 14.7 Å². The van der Waals surface area contributed by atoms with Crippen molar-refractivity contribution >= 4 is 17.7 Å². The molecular weight excluding hydrogens is 605 g/mol. The number of nitrogens with zero attached hydrogens (tertiary/aromatic N) is 6. The number of aromatic nitrogens is 2. The van der Waals surface area contributed by atoms with Gasteiger partial charge in [0.2, 0.25) is 5.91 Å². The molecule has 0 aliphatic carbocycles. The number of likely N-dealkylation sites (tertiary alicyclic amines) is 3. The number of amides is 1. The number of piperidine rings is 1. The van der Waals surface area contributed by atoms with Crippen LogP contribution in [-0.4, -0.2) is 129 Å². The number of hydrogen-bond acceptors (Lipinski definition) is 8. The third-order valence-corrected chi connectivity index (χ3v) is 10.8. The van der Waals surface area contributed by atoms with Gasteiger partial charge < -0.3 is 29.8 Å². The average molecular weight is 651 g/mol. The Kier molecular flexibility index (Phi) is 10.1. The van der Waals surface area contributed by atoms with Gasteiger partial charge >= 0.3 is 6.18 Å². The lowest BCUT2D eigenvalue weighted by atomic mass is 10.00. The summed E-state index contributed by atoms with van der Waals surface area (Å²) in [5.74, 6) is 0.619. The standard InChI is InChI=1S/C32H45F3N6O3S/c1-37-11-8-28-26(21-37)31(22-4-5-27(32(33,34)35)29(16-22)45-15-14-38-9-2-3-10-38)36-41(28)20-25(43)18-39-12-6-23(7-13-39)40-19-24(42)17-30(40)44/h4-5,16,23-25,42-43H,2-3,6-15,17-21H2,1H3/t24-,25+/m1/s1. The highest BCUT2D eigenvalue weighted by Gasteiger charge is 2.36. The van der Waals surface area contributed by atoms with Crippen LogP contribution in [0.2, 0.25) is 0 Å². The van der Waals surface area contributed by atoms with Gasteiger partial charge in [-0.15, -0.1) is 11.8 Å². The maximum atomic E-state index is 14.0. The molecule has 2 atom stereocenters. The van der Waals surface area contributed by atoms with Crippen molar-refractivity contribution < 1.29 is 28.2 Å². The van der Waals surface area contributed by atoms with E-state index in [1.54, 1.807) is 12.1 Å². The summed E-state index contributed by atoms with van der Waals surface area (Å²) in [7, 11) is 2.03. The molecule has 0 saturated carbocycles. The van der Waals surface area contributed by atoms with Crippen LogP contribution in [0.25, 0.3) is 11.3 Å². The van der Waals surface area contributed by atoms with Gasteiger partial charge in [0.05, 0.1) is 36.4 Å². The first kappa shape index (κ1) is 32.8. The number of benzene rings is 1. The number of thioether (sulfide) groups is 1. The molecule has 248 valence electrons. The fourth-order valence-corrected chi connectivity index (χ4v) is 8.48. The number of β-amino-alcohol motifs (C(OH)–C–C–N with tert-alkyl or cyclic N) is 2. The van der Waals surface area contributed by atoms with Gasteiger partial charge in [-0.25, -0.2) is 0 Å². The van der Waals surface area contributed by atoms with E-state index in [1.165, 1.54) is 17.8 Å². The van der Waals surface area contributed by atoms with Crippen molar-refractivity contribution in [3.05, 3.63) is 35.0 Å². The Bertz CT molecular complexity index is 1340. The summed E-state index contributed by atoms with van der Waals surface area (Å²) in [4.78, 5) is 21.0. The van der Waals surface area contributed by atoms with Gasteiger partial charge in [-0.2, -0.15) is 18.3 Å². The molecule has 4 aliphatic rings. The maximum absolute atomic E-state index is 14.0. The molecular formula is C32H45F3N6O3S. The van der Waals surface area contributed by atoms with E-state index in [0.29, 0.717) is 43.2 Å². The van der Waals surface area contributed by atoms with Crippen LogP contribution in [0.4, 0.5) is 13.2 Å². The van der Waals surface area contributed by atoms with Crippen molar-refractivity contribution in [1.29, 1.82) is 0 Å². The summed E-state index contributed by atoms with van der Waals surface area (Å²) in [6, 6.07) is 4.52. The quantitative estimate of drug-likeness (QED) is 0.380. The SMILES string of the molecule is CN1CCc2c(c(-c3ccc(C(F)(F)F)c(SCCN4CCCC4)c3)nn2C[C@@H](O)CN2CCC(N3C[C@H](O)CC3=O)CC2)C1. The molecule has 0 radical (unpaired) electrons. The lowest BCUT2D eigenvalue weighted by Gasteiger charge is -2.37. The zero-order valence-corrected chi connectivity index (χ0v) is 26.8. The number of fused-ring (bicyclic) bond motifs is 1. The van der Waals surface area contributed by atoms with E-state index < -0.39 is 23.9 Å². The molecule has 4 aliphatic heterocycles. The van der Waals surface area contributed by atoms with Crippen molar-refractivity contribution in [3.63, 3.8) is 0 Å². The second-order valence-corrected chi connectivity index (χ2v) is 14.3. The van der Waals surface area contributed by atoms with E-state index in [4.69, 9.17) is 5.10 Å². The third kappa shape index (κ3) is 7.70. The van der Waals surface area contributed by atoms with E-state index in [1.807, 2.05) is 16.6 Å². The number of hydrogen-bond donors (Lipinski definition) is 2. The van der Waals surface area contributed by atoms with Crippen molar-refractivity contribution in [2.75, 3.05) is 65.2 Å². The highest BCUT2D eigenvalue weighted by Crippen LogP contribution is 2.40. The van der Waals surface area contributed by atoms with Crippen molar-refractivity contribution in [2.24, 2.45) is 0 Å². The van der Waals surface area contributed by atoms with Gasteiger partial charge in [0.1, 0.15) is 0 Å². The van der Waals surface area contributed by atoms with Gasteiger partial charge in [-0.05, 0) is 58.0 Å². The van der Waals surface area contributed by atoms with Crippen LogP contribution in [0.15, 0.2) is 23.1 Å². The lowest BCUT2D eigenvalue weighted by molar-refractivity contribution is -0.139. The molecule has 9 nitrogen and oxygen atoms in total. The molecule has 1 amide bonds. The first-order valence-electron chi connectivity index (χ1n) is 16.3. The minimum atomic E-state index is -4.43. The number of likely N-dealkylation sites (N-methyl/N-ethyl adjacent to an activating group) is 1. The van der Waals surface area contributed by atoms with Crippen LogP contribution in [0.5, 0.6) is 0 Å². The fraction of sp³-hybridized carbons (Fsp3) is 0.688. The summed E-state index contributed by atoms with van der Waals surface area (Å²) >= 11 is 1.27. The van der Waals surface area contributed by atoms with Crippen molar-refractivity contribution in [3.8, 4) is 11.3 Å². The predicted molar refractivity (Wildman–Crippen MR) is 167 cm³/mol. The Labute approximate surface area is 267 Å². The Morgan fingerprint density at radius 3 is 2.51 bits per heavy atom. The molecule has 5 heterocycles. The summed E-state index contributed by atoms with van der Waals surface area (Å²) in [5.41, 5.74) is 2.82. The van der Waals surface area contributed by atoms with Gasteiger partial charge in [0.25, 0.3) is 0 Å². The Morgan fingerprint density at radius 1 is 1.07 bits per heavy atom. The largest absolute Gasteiger partial charge is 0.417 e. The van der Waals surface area contributed by atoms with E-state index >= 15 is 0 Å². The van der Waals surface area contributed by atoms with Crippen molar-refractivity contribution in [1.82, 2.24) is 29.4 Å². The van der Waals surface area contributed by atoms with E-state index in [0.717, 1.165) is 82.6 Å². The molecule has 2 N–H and O–H groups in total. The molecule has 45 heavy (non-hydrogen) atoms. The monoisotopic (exact) mass is 650 g/mol. The number of alkyl halides is 3.